The van der Waals surface area contributed by atoms with Crippen LogP contribution in [-0.4, -0.2) is 21.6 Å². The molecule has 5 nitrogen and oxygen atoms in total. The molecular formula is C19H17F3N4OS. The second-order valence-electron chi connectivity index (χ2n) is 5.89. The Hall–Kier alpha value is -2.78. The Morgan fingerprint density at radius 1 is 0.929 bits per heavy atom. The van der Waals surface area contributed by atoms with Gasteiger partial charge < -0.3 is 9.87 Å². The molecule has 2 N–H and O–H groups in total. The Balaban J connectivity index is 1.99. The minimum Gasteiger partial charge on any atom is -0.587 e. The molecule has 9 heteroatoms. The van der Waals surface area contributed by atoms with Gasteiger partial charge in [0.05, 0.1) is 11.3 Å². The molecule has 146 valence electrons. The summed E-state index contributed by atoms with van der Waals surface area (Å²) in [6.07, 6.45) is -4.56. The molecule has 3 rings (SSSR count). The molecule has 1 atom stereocenters. The van der Waals surface area contributed by atoms with Crippen molar-refractivity contribution in [1.29, 1.82) is 0 Å². The number of aromatic nitrogens is 2. The number of hydrogen-bond donors (Lipinski definition) is 2. The SMILES string of the molecule is CNc1cccc([S+]([O-])Nc2ccc(C(F)(F)F)c(-c3ccccc3C)n2)n1. The van der Waals surface area contributed by atoms with Crippen molar-refractivity contribution in [1.82, 2.24) is 9.97 Å². The third-order valence-electron chi connectivity index (χ3n) is 3.97. The summed E-state index contributed by atoms with van der Waals surface area (Å²) in [6, 6.07) is 13.7. The van der Waals surface area contributed by atoms with Gasteiger partial charge in [0, 0.05) is 18.7 Å². The Labute approximate surface area is 163 Å². The van der Waals surface area contributed by atoms with E-state index in [2.05, 4.69) is 20.0 Å². The van der Waals surface area contributed by atoms with Gasteiger partial charge in [-0.2, -0.15) is 22.9 Å². The van der Waals surface area contributed by atoms with Crippen LogP contribution >= 0.6 is 0 Å². The summed E-state index contributed by atoms with van der Waals surface area (Å²) in [5, 5.41) is 3.06. The van der Waals surface area contributed by atoms with Gasteiger partial charge in [-0.3, -0.25) is 0 Å². The first-order valence-corrected chi connectivity index (χ1v) is 9.42. The Kier molecular flexibility index (Phi) is 5.76. The second kappa shape index (κ2) is 8.07. The number of aryl methyl sites for hydroxylation is 1. The van der Waals surface area contributed by atoms with Gasteiger partial charge in [0.25, 0.3) is 5.03 Å². The average molecular weight is 406 g/mol. The summed E-state index contributed by atoms with van der Waals surface area (Å²) in [6.45, 7) is 1.71. The van der Waals surface area contributed by atoms with Crippen LogP contribution in [0.4, 0.5) is 24.8 Å². The molecule has 1 unspecified atom stereocenters. The van der Waals surface area contributed by atoms with Crippen molar-refractivity contribution in [3.63, 3.8) is 0 Å². The van der Waals surface area contributed by atoms with Crippen molar-refractivity contribution in [2.75, 3.05) is 17.1 Å². The minimum atomic E-state index is -4.56. The van der Waals surface area contributed by atoms with Gasteiger partial charge in [-0.1, -0.05) is 30.3 Å². The number of benzene rings is 1. The zero-order chi connectivity index (χ0) is 20.3. The first-order chi connectivity index (χ1) is 13.3. The molecule has 2 aromatic heterocycles. The number of nitrogens with zero attached hydrogens (tertiary/aromatic N) is 2. The van der Waals surface area contributed by atoms with Crippen LogP contribution in [0.3, 0.4) is 0 Å². The third-order valence-corrected chi connectivity index (χ3v) is 4.97. The van der Waals surface area contributed by atoms with Crippen molar-refractivity contribution in [3.05, 3.63) is 65.7 Å². The lowest BCUT2D eigenvalue weighted by molar-refractivity contribution is -0.137. The van der Waals surface area contributed by atoms with E-state index >= 15 is 0 Å². The lowest BCUT2D eigenvalue weighted by Crippen LogP contribution is -2.17. The summed E-state index contributed by atoms with van der Waals surface area (Å²) in [7, 11) is 1.67. The highest BCUT2D eigenvalue weighted by atomic mass is 32.2. The van der Waals surface area contributed by atoms with Gasteiger partial charge in [0.1, 0.15) is 17.2 Å². The molecular weight excluding hydrogens is 389 g/mol. The van der Waals surface area contributed by atoms with Crippen molar-refractivity contribution in [2.45, 2.75) is 18.1 Å². The van der Waals surface area contributed by atoms with E-state index in [4.69, 9.17) is 0 Å². The average Bonchev–Trinajstić information content (AvgIpc) is 2.67. The van der Waals surface area contributed by atoms with Crippen molar-refractivity contribution < 1.29 is 17.7 Å². The quantitative estimate of drug-likeness (QED) is 0.604. The summed E-state index contributed by atoms with van der Waals surface area (Å²) in [4.78, 5) is 8.27. The van der Waals surface area contributed by atoms with E-state index in [1.807, 2.05) is 0 Å². The van der Waals surface area contributed by atoms with Crippen LogP contribution in [0.1, 0.15) is 11.1 Å². The highest BCUT2D eigenvalue weighted by Crippen LogP contribution is 2.37. The molecule has 3 aromatic rings. The van der Waals surface area contributed by atoms with Gasteiger partial charge in [-0.05, 0) is 30.7 Å². The van der Waals surface area contributed by atoms with Crippen molar-refractivity contribution in [2.24, 2.45) is 0 Å². The standard InChI is InChI=1S/C19H17F3N4OS/c1-12-6-3-4-7-13(12)18-14(19(20,21)22)10-11-16(25-18)26-28(27)17-9-5-8-15(23-2)24-17/h3-11H,1-2H3,(H,23,24)(H,25,26). The van der Waals surface area contributed by atoms with Crippen LogP contribution in [0.2, 0.25) is 0 Å². The van der Waals surface area contributed by atoms with E-state index in [0.29, 0.717) is 16.9 Å². The van der Waals surface area contributed by atoms with Crippen LogP contribution in [0.15, 0.2) is 59.6 Å². The maximum Gasteiger partial charge on any atom is 0.418 e. The summed E-state index contributed by atoms with van der Waals surface area (Å²) in [5.74, 6) is 0.579. The minimum absolute atomic E-state index is 0.0567. The molecule has 0 bridgehead atoms. The molecule has 0 amide bonds. The number of hydrogen-bond acceptors (Lipinski definition) is 5. The first-order valence-electron chi connectivity index (χ1n) is 8.27. The van der Waals surface area contributed by atoms with E-state index in [0.717, 1.165) is 12.1 Å². The van der Waals surface area contributed by atoms with Crippen LogP contribution in [-0.2, 0) is 17.5 Å². The smallest absolute Gasteiger partial charge is 0.418 e. The number of halogens is 3. The van der Waals surface area contributed by atoms with Gasteiger partial charge in [-0.15, -0.1) is 0 Å². The van der Waals surface area contributed by atoms with E-state index in [1.165, 1.54) is 0 Å². The van der Waals surface area contributed by atoms with E-state index in [1.54, 1.807) is 56.4 Å². The Morgan fingerprint density at radius 2 is 1.68 bits per heavy atom. The third kappa shape index (κ3) is 4.37. The van der Waals surface area contributed by atoms with Gasteiger partial charge >= 0.3 is 6.18 Å². The number of rotatable bonds is 5. The number of anilines is 2. The van der Waals surface area contributed by atoms with Crippen molar-refractivity contribution in [3.8, 4) is 11.3 Å². The highest BCUT2D eigenvalue weighted by molar-refractivity contribution is 7.92. The van der Waals surface area contributed by atoms with Crippen LogP contribution in [0.5, 0.6) is 0 Å². The van der Waals surface area contributed by atoms with Crippen molar-refractivity contribution >= 4 is 23.0 Å². The molecule has 0 radical (unpaired) electrons. The molecule has 1 aromatic carbocycles. The summed E-state index contributed by atoms with van der Waals surface area (Å²) >= 11 is -1.79. The summed E-state index contributed by atoms with van der Waals surface area (Å²) < 4.78 is 55.6. The molecule has 0 spiro atoms. The second-order valence-corrected chi connectivity index (χ2v) is 7.05. The normalized spacial score (nSPS) is 12.5. The lowest BCUT2D eigenvalue weighted by atomic mass is 10.0. The maximum atomic E-state index is 13.5. The Morgan fingerprint density at radius 3 is 2.36 bits per heavy atom. The topological polar surface area (TPSA) is 72.9 Å². The van der Waals surface area contributed by atoms with Crippen LogP contribution in [0.25, 0.3) is 11.3 Å². The monoisotopic (exact) mass is 406 g/mol. The molecule has 0 saturated carbocycles. The fourth-order valence-corrected chi connectivity index (χ4v) is 3.38. The zero-order valence-corrected chi connectivity index (χ0v) is 15.9. The highest BCUT2D eigenvalue weighted by Gasteiger charge is 2.35. The molecule has 0 saturated heterocycles. The Bertz CT molecular complexity index is 981. The van der Waals surface area contributed by atoms with Crippen LogP contribution in [0, 0.1) is 6.92 Å². The van der Waals surface area contributed by atoms with Gasteiger partial charge in [-0.25, -0.2) is 4.98 Å². The molecule has 2 heterocycles. The molecule has 0 fully saturated rings. The fraction of sp³-hybridized carbons (Fsp3) is 0.158. The zero-order valence-electron chi connectivity index (χ0n) is 15.0. The largest absolute Gasteiger partial charge is 0.587 e. The summed E-state index contributed by atoms with van der Waals surface area (Å²) in [5.41, 5.74) is -0.0558. The predicted octanol–water partition coefficient (Wildman–Crippen LogP) is 4.65. The first kappa shape index (κ1) is 20.0. The number of pyridine rings is 2. The molecule has 0 aliphatic carbocycles. The molecule has 28 heavy (non-hydrogen) atoms. The number of nitrogens with one attached hydrogen (secondary N) is 2. The van der Waals surface area contributed by atoms with Crippen LogP contribution < -0.4 is 10.0 Å². The van der Waals surface area contributed by atoms with E-state index in [9.17, 15) is 17.7 Å². The maximum absolute atomic E-state index is 13.5. The molecule has 0 aliphatic heterocycles. The van der Waals surface area contributed by atoms with E-state index in [-0.39, 0.29) is 16.5 Å². The van der Waals surface area contributed by atoms with E-state index < -0.39 is 23.1 Å². The fourth-order valence-electron chi connectivity index (χ4n) is 2.59. The predicted molar refractivity (Wildman–Crippen MR) is 103 cm³/mol. The molecule has 0 aliphatic rings. The lowest BCUT2D eigenvalue weighted by Gasteiger charge is -2.16. The number of alkyl halides is 3. The van der Waals surface area contributed by atoms with Gasteiger partial charge in [0.2, 0.25) is 0 Å². The van der Waals surface area contributed by atoms with Gasteiger partial charge in [0.15, 0.2) is 5.82 Å².